The molecule has 1 unspecified atom stereocenters. The second-order valence-electron chi connectivity index (χ2n) is 7.07. The molecule has 33 heavy (non-hydrogen) atoms. The summed E-state index contributed by atoms with van der Waals surface area (Å²) in [4.78, 5) is 45.7. The largest absolute Gasteiger partial charge is 0.481 e. The number of hydrogen-bond donors (Lipinski definition) is 6. The monoisotopic (exact) mass is 510 g/mol. The maximum Gasteiger partial charge on any atom is 0.481 e. The van der Waals surface area contributed by atoms with Gasteiger partial charge in [0.2, 0.25) is 11.7 Å². The van der Waals surface area contributed by atoms with Gasteiger partial charge in [0.15, 0.2) is 6.33 Å². The van der Waals surface area contributed by atoms with Crippen molar-refractivity contribution >= 4 is 32.8 Å². The van der Waals surface area contributed by atoms with Crippen molar-refractivity contribution in [3.05, 3.63) is 16.7 Å². The molecule has 1 aliphatic rings. The highest BCUT2D eigenvalue weighted by molar-refractivity contribution is 7.60. The van der Waals surface area contributed by atoms with Crippen molar-refractivity contribution in [1.29, 1.82) is 0 Å². The number of H-pyrrole nitrogens is 1. The molecule has 0 saturated carbocycles. The number of rotatable bonds is 9. The number of anilines is 1. The van der Waals surface area contributed by atoms with Crippen LogP contribution in [0.25, 0.3) is 11.2 Å². The van der Waals surface area contributed by atoms with E-state index >= 15 is 0 Å². The van der Waals surface area contributed by atoms with Crippen LogP contribution in [-0.2, 0) is 34.5 Å². The fourth-order valence-electron chi connectivity index (χ4n) is 3.58. The number of hydrogen-bond acceptors (Lipinski definition) is 10. The minimum absolute atomic E-state index is 0.00829. The summed E-state index contributed by atoms with van der Waals surface area (Å²) in [5, 5.41) is 10.9. The molecule has 2 aromatic heterocycles. The van der Waals surface area contributed by atoms with Crippen LogP contribution in [0.2, 0.25) is 0 Å². The number of phosphoric ester groups is 1. The Morgan fingerprint density at radius 1 is 1.42 bits per heavy atom. The highest BCUT2D eigenvalue weighted by Gasteiger charge is 2.48. The molecule has 16 nitrogen and oxygen atoms in total. The van der Waals surface area contributed by atoms with Crippen molar-refractivity contribution in [3.8, 4) is 12.5 Å². The van der Waals surface area contributed by atoms with Gasteiger partial charge in [-0.2, -0.15) is 4.31 Å². The maximum atomic E-state index is 12.3. The molecule has 0 amide bonds. The van der Waals surface area contributed by atoms with Crippen LogP contribution in [-0.4, -0.2) is 59.7 Å². The van der Waals surface area contributed by atoms with Crippen LogP contribution in [0.4, 0.5) is 5.95 Å². The van der Waals surface area contributed by atoms with E-state index in [0.29, 0.717) is 0 Å². The lowest BCUT2D eigenvalue weighted by Crippen LogP contribution is -2.45. The molecule has 0 aromatic carbocycles. The number of phosphoric acid groups is 2. The molecular formula is C15H22N5O11P2+. The molecule has 1 fully saturated rings. The summed E-state index contributed by atoms with van der Waals surface area (Å²) in [6.07, 6.45) is 5.10. The molecule has 0 spiro atoms. The average Bonchev–Trinajstić information content (AvgIpc) is 3.15. The summed E-state index contributed by atoms with van der Waals surface area (Å²) in [6.45, 7) is -0.699. The van der Waals surface area contributed by atoms with Gasteiger partial charge < -0.3 is 35.0 Å². The van der Waals surface area contributed by atoms with Gasteiger partial charge in [0.25, 0.3) is 11.5 Å². The average molecular weight is 510 g/mol. The van der Waals surface area contributed by atoms with Gasteiger partial charge in [0.1, 0.15) is 18.8 Å². The number of nitrogen functional groups attached to an aromatic ring is 1. The minimum Gasteiger partial charge on any atom is -0.447 e. The second kappa shape index (κ2) is 9.51. The Kier molecular flexibility index (Phi) is 7.30. The lowest BCUT2D eigenvalue weighted by atomic mass is 9.95. The van der Waals surface area contributed by atoms with E-state index in [4.69, 9.17) is 31.4 Å². The zero-order chi connectivity index (χ0) is 24.6. The van der Waals surface area contributed by atoms with E-state index in [1.807, 2.05) is 6.11 Å². The molecule has 0 aliphatic carbocycles. The Labute approximate surface area is 185 Å². The topological polar surface area (TPSA) is 233 Å². The SMILES string of the molecule is C#COCC[C@H]1[C@@H](O)[C@H]([n+]2cn(C)c3c(=O)[nH]c(N)nc32)O[C@@H]1COP(=O)(O)OP(=O)(O)O. The number of aromatic nitrogens is 4. The minimum atomic E-state index is -5.32. The highest BCUT2D eigenvalue weighted by atomic mass is 31.3. The summed E-state index contributed by atoms with van der Waals surface area (Å²) >= 11 is 0. The molecule has 18 heteroatoms. The molecule has 7 N–H and O–H groups in total. The summed E-state index contributed by atoms with van der Waals surface area (Å²) < 4.78 is 44.6. The van der Waals surface area contributed by atoms with E-state index in [1.54, 1.807) is 7.05 Å². The van der Waals surface area contributed by atoms with E-state index < -0.39 is 52.2 Å². The lowest BCUT2D eigenvalue weighted by molar-refractivity contribution is -0.745. The standard InChI is InChI=1S/C15H21N5O11P2/c1-3-28-5-4-8-9(6-29-33(26,27)31-32(23,24)25)30-14(11(8)21)20-7-19(2)10-12(20)17-15(16)18-13(10)22/h1,7-9,11,14,21H,4-6H2,2H3,(H5-,16,17,18,22,23,24,25,26,27)/p+1/t8-,9-,11-,14-/m1/s1. The fourth-order valence-corrected chi connectivity index (χ4v) is 5.18. The van der Waals surface area contributed by atoms with Crippen LogP contribution in [0.15, 0.2) is 11.1 Å². The van der Waals surface area contributed by atoms with Gasteiger partial charge in [0, 0.05) is 5.92 Å². The Hall–Kier alpha value is -2.31. The third-order valence-corrected chi connectivity index (χ3v) is 6.99. The molecule has 0 bridgehead atoms. The van der Waals surface area contributed by atoms with E-state index in [-0.39, 0.29) is 30.1 Å². The van der Waals surface area contributed by atoms with Gasteiger partial charge >= 0.3 is 21.3 Å². The van der Waals surface area contributed by atoms with Crippen molar-refractivity contribution in [2.75, 3.05) is 18.9 Å². The van der Waals surface area contributed by atoms with Gasteiger partial charge in [-0.05, 0) is 6.42 Å². The van der Waals surface area contributed by atoms with Crippen LogP contribution >= 0.6 is 15.6 Å². The Balaban J connectivity index is 1.90. The number of nitrogens with two attached hydrogens (primary N) is 1. The molecule has 182 valence electrons. The van der Waals surface area contributed by atoms with Crippen molar-refractivity contribution in [2.45, 2.75) is 24.9 Å². The number of fused-ring (bicyclic) bond motifs is 1. The van der Waals surface area contributed by atoms with Gasteiger partial charge in [-0.15, -0.1) is 0 Å². The fraction of sp³-hybridized carbons (Fsp3) is 0.533. The zero-order valence-corrected chi connectivity index (χ0v) is 18.8. The molecule has 5 atom stereocenters. The predicted molar refractivity (Wildman–Crippen MR) is 108 cm³/mol. The number of terminal acetylenes is 1. The lowest BCUT2D eigenvalue weighted by Gasteiger charge is -2.20. The maximum absolute atomic E-state index is 12.3. The van der Waals surface area contributed by atoms with Crippen LogP contribution in [0.1, 0.15) is 12.6 Å². The number of ether oxygens (including phenoxy) is 2. The predicted octanol–water partition coefficient (Wildman–Crippen LogP) is -1.77. The summed E-state index contributed by atoms with van der Waals surface area (Å²) in [7, 11) is -8.92. The number of aliphatic hydroxyl groups is 1. The number of aromatic amines is 1. The summed E-state index contributed by atoms with van der Waals surface area (Å²) in [5.74, 6) is -0.949. The third kappa shape index (κ3) is 5.79. The molecule has 0 radical (unpaired) electrons. The first-order valence-electron chi connectivity index (χ1n) is 9.24. The van der Waals surface area contributed by atoms with Gasteiger partial charge in [-0.3, -0.25) is 18.9 Å². The second-order valence-corrected chi connectivity index (χ2v) is 9.90. The van der Waals surface area contributed by atoms with Crippen molar-refractivity contribution < 1.29 is 51.8 Å². The first kappa shape index (κ1) is 25.3. The first-order chi connectivity index (χ1) is 15.3. The van der Waals surface area contributed by atoms with Crippen molar-refractivity contribution in [1.82, 2.24) is 14.5 Å². The number of aryl methyl sites for hydroxylation is 1. The van der Waals surface area contributed by atoms with E-state index in [0.717, 1.165) is 0 Å². The van der Waals surface area contributed by atoms with Gasteiger partial charge in [-0.1, -0.05) is 11.4 Å². The van der Waals surface area contributed by atoms with E-state index in [9.17, 15) is 23.9 Å². The Morgan fingerprint density at radius 3 is 2.76 bits per heavy atom. The summed E-state index contributed by atoms with van der Waals surface area (Å²) in [5.41, 5.74) is 5.34. The molecule has 1 saturated heterocycles. The van der Waals surface area contributed by atoms with Crippen LogP contribution in [0.3, 0.4) is 0 Å². The van der Waals surface area contributed by atoms with Crippen molar-refractivity contribution in [2.24, 2.45) is 13.0 Å². The van der Waals surface area contributed by atoms with E-state index in [1.165, 1.54) is 15.5 Å². The first-order valence-corrected chi connectivity index (χ1v) is 12.3. The quantitative estimate of drug-likeness (QED) is 0.0950. The zero-order valence-electron chi connectivity index (χ0n) is 17.0. The highest BCUT2D eigenvalue weighted by Crippen LogP contribution is 2.57. The van der Waals surface area contributed by atoms with Crippen LogP contribution in [0.5, 0.6) is 0 Å². The van der Waals surface area contributed by atoms with Crippen LogP contribution < -0.4 is 15.9 Å². The molecule has 3 heterocycles. The Bertz CT molecular complexity index is 1220. The number of nitrogens with one attached hydrogen (secondary N) is 1. The molecule has 1 aliphatic heterocycles. The number of nitrogens with zero attached hydrogens (tertiary/aromatic N) is 3. The summed E-state index contributed by atoms with van der Waals surface area (Å²) in [6, 6.07) is 0. The van der Waals surface area contributed by atoms with Crippen LogP contribution in [0, 0.1) is 18.4 Å². The van der Waals surface area contributed by atoms with Gasteiger partial charge in [0.05, 0.1) is 19.8 Å². The third-order valence-electron chi connectivity index (χ3n) is 4.83. The normalized spacial score (nSPS) is 25.1. The van der Waals surface area contributed by atoms with E-state index in [2.05, 4.69) is 18.8 Å². The Morgan fingerprint density at radius 2 is 2.12 bits per heavy atom. The molecule has 3 rings (SSSR count). The number of aliphatic hydroxyl groups excluding tert-OH is 1. The van der Waals surface area contributed by atoms with Crippen molar-refractivity contribution in [3.63, 3.8) is 0 Å². The molecular weight excluding hydrogens is 488 g/mol. The molecule has 2 aromatic rings. The van der Waals surface area contributed by atoms with Gasteiger partial charge in [-0.25, -0.2) is 13.7 Å². The smallest absolute Gasteiger partial charge is 0.447 e. The number of imidazole rings is 1.